The predicted molar refractivity (Wildman–Crippen MR) is 188 cm³/mol. The van der Waals surface area contributed by atoms with Crippen LogP contribution < -0.4 is 0 Å². The second-order valence-corrected chi connectivity index (χ2v) is 11.5. The summed E-state index contributed by atoms with van der Waals surface area (Å²) in [5, 5.41) is 10.1. The number of rotatable bonds is 8. The highest BCUT2D eigenvalue weighted by Gasteiger charge is 2.33. The molecule has 49 heavy (non-hydrogen) atoms. The third-order valence-corrected chi connectivity index (χ3v) is 8.23. The lowest BCUT2D eigenvalue weighted by Gasteiger charge is -2.20. The van der Waals surface area contributed by atoms with Crippen LogP contribution in [-0.2, 0) is 41.8 Å². The summed E-state index contributed by atoms with van der Waals surface area (Å²) < 4.78 is 27.0. The van der Waals surface area contributed by atoms with Gasteiger partial charge in [0.25, 0.3) is 0 Å². The Bertz CT molecular complexity index is 1160. The van der Waals surface area contributed by atoms with Gasteiger partial charge in [-0.2, -0.15) is 0 Å². The number of hydrogen-bond acceptors (Lipinski definition) is 9. The van der Waals surface area contributed by atoms with Crippen LogP contribution in [0, 0.1) is 17.8 Å². The highest BCUT2D eigenvalue weighted by Crippen LogP contribution is 2.26. The molecule has 2 saturated heterocycles. The third-order valence-electron chi connectivity index (χ3n) is 8.23. The normalized spacial score (nSPS) is 20.5. The van der Waals surface area contributed by atoms with E-state index < -0.39 is 24.1 Å². The van der Waals surface area contributed by atoms with Gasteiger partial charge in [-0.3, -0.25) is 9.59 Å². The Hall–Kier alpha value is -4.12. The Morgan fingerprint density at radius 3 is 1.53 bits per heavy atom. The van der Waals surface area contributed by atoms with Crippen LogP contribution in [0.3, 0.4) is 0 Å². The lowest BCUT2D eigenvalue weighted by atomic mass is 9.90. The van der Waals surface area contributed by atoms with Crippen molar-refractivity contribution in [2.45, 2.75) is 87.0 Å². The molecule has 2 aliphatic rings. The number of amides is 2. The SMILES string of the molecule is C.CCOC(=O)C1CCN(C(=O)OCc2ccccc2)CCC1C.CCOC(=O)C1CCN(C(=O)OCc2ccccc2)CCC1O.[2H]CC. The van der Waals surface area contributed by atoms with Crippen molar-refractivity contribution < 1.29 is 44.6 Å². The summed E-state index contributed by atoms with van der Waals surface area (Å²) >= 11 is 0. The zero-order valence-corrected chi connectivity index (χ0v) is 28.9. The van der Waals surface area contributed by atoms with Gasteiger partial charge in [-0.05, 0) is 56.6 Å². The van der Waals surface area contributed by atoms with Crippen LogP contribution in [0.5, 0.6) is 0 Å². The number of carbonyl (C=O) groups excluding carboxylic acids is 4. The largest absolute Gasteiger partial charge is 0.466 e. The number of aliphatic hydroxyl groups is 1. The maximum absolute atomic E-state index is 12.2. The molecular formula is C38H58N2O9. The van der Waals surface area contributed by atoms with Crippen LogP contribution in [-0.4, -0.2) is 84.5 Å². The van der Waals surface area contributed by atoms with Crippen molar-refractivity contribution in [3.05, 3.63) is 71.8 Å². The average molecular weight is 688 g/mol. The van der Waals surface area contributed by atoms with Crippen LogP contribution in [0.2, 0.25) is 0 Å². The molecule has 2 heterocycles. The van der Waals surface area contributed by atoms with Crippen molar-refractivity contribution in [3.63, 3.8) is 0 Å². The second-order valence-electron chi connectivity index (χ2n) is 11.5. The fourth-order valence-electron chi connectivity index (χ4n) is 5.45. The van der Waals surface area contributed by atoms with Gasteiger partial charge in [-0.25, -0.2) is 9.59 Å². The first-order valence-electron chi connectivity index (χ1n) is 17.6. The molecule has 2 aliphatic heterocycles. The smallest absolute Gasteiger partial charge is 0.410 e. The number of likely N-dealkylation sites (tertiary alicyclic amines) is 2. The predicted octanol–water partition coefficient (Wildman–Crippen LogP) is 6.86. The molecule has 11 heteroatoms. The van der Waals surface area contributed by atoms with Gasteiger partial charge >= 0.3 is 24.1 Å². The molecule has 2 fully saturated rings. The van der Waals surface area contributed by atoms with Gasteiger partial charge in [0.2, 0.25) is 0 Å². The Morgan fingerprint density at radius 1 is 0.694 bits per heavy atom. The van der Waals surface area contributed by atoms with Gasteiger partial charge in [0.05, 0.1) is 31.2 Å². The highest BCUT2D eigenvalue weighted by atomic mass is 16.6. The summed E-state index contributed by atoms with van der Waals surface area (Å²) in [5.74, 6) is -1.07. The Labute approximate surface area is 294 Å². The molecule has 0 aromatic heterocycles. The highest BCUT2D eigenvalue weighted by molar-refractivity contribution is 5.74. The number of nitrogens with zero attached hydrogens (tertiary/aromatic N) is 2. The number of esters is 2. The lowest BCUT2D eigenvalue weighted by Crippen LogP contribution is -2.32. The summed E-state index contributed by atoms with van der Waals surface area (Å²) in [5.41, 5.74) is 1.88. The molecule has 0 spiro atoms. The van der Waals surface area contributed by atoms with Crippen molar-refractivity contribution in [3.8, 4) is 0 Å². The van der Waals surface area contributed by atoms with E-state index in [9.17, 15) is 24.3 Å². The molecule has 4 atom stereocenters. The lowest BCUT2D eigenvalue weighted by molar-refractivity contribution is -0.152. The number of ether oxygens (including phenoxy) is 4. The van der Waals surface area contributed by atoms with Gasteiger partial charge in [0, 0.05) is 27.5 Å². The zero-order chi connectivity index (χ0) is 36.0. The minimum atomic E-state index is -0.791. The molecule has 4 rings (SSSR count). The number of carbonyl (C=O) groups is 4. The maximum Gasteiger partial charge on any atom is 0.410 e. The summed E-state index contributed by atoms with van der Waals surface area (Å²) in [6, 6.07) is 19.1. The van der Waals surface area contributed by atoms with Gasteiger partial charge in [0.15, 0.2) is 0 Å². The monoisotopic (exact) mass is 687 g/mol. The van der Waals surface area contributed by atoms with Crippen molar-refractivity contribution in [2.24, 2.45) is 17.8 Å². The first-order chi connectivity index (χ1) is 23.6. The fourth-order valence-corrected chi connectivity index (χ4v) is 5.45. The van der Waals surface area contributed by atoms with Crippen LogP contribution in [0.25, 0.3) is 0 Å². The maximum atomic E-state index is 12.2. The van der Waals surface area contributed by atoms with Crippen molar-refractivity contribution >= 4 is 24.1 Å². The molecule has 274 valence electrons. The van der Waals surface area contributed by atoms with E-state index in [1.54, 1.807) is 18.7 Å². The van der Waals surface area contributed by atoms with E-state index in [1.807, 2.05) is 74.5 Å². The minimum Gasteiger partial charge on any atom is -0.466 e. The summed E-state index contributed by atoms with van der Waals surface area (Å²) in [4.78, 5) is 51.4. The standard InChI is InChI=1S/C18H25NO4.C17H23NO5.C2H6.CH4/c1-3-22-17(20)16-10-12-19(11-9-14(16)2)18(21)23-13-15-7-5-4-6-8-15;1-2-22-16(20)14-8-10-18(11-9-15(14)19)17(21)23-12-13-6-4-3-5-7-13;1-2;/h4-8,14,16H,3,9-13H2,1-2H3;3-7,14-15,19H,2,8-12H2,1H3;1-2H3;1H4/i;;1D;. The zero-order valence-electron chi connectivity index (χ0n) is 29.9. The average Bonchev–Trinajstić information content (AvgIpc) is 3.43. The van der Waals surface area contributed by atoms with Crippen LogP contribution >= 0.6 is 0 Å². The molecule has 0 radical (unpaired) electrons. The molecule has 2 aromatic rings. The van der Waals surface area contributed by atoms with Crippen molar-refractivity contribution in [1.82, 2.24) is 9.80 Å². The van der Waals surface area contributed by atoms with E-state index in [1.165, 1.54) is 4.90 Å². The topological polar surface area (TPSA) is 132 Å². The van der Waals surface area contributed by atoms with E-state index >= 15 is 0 Å². The van der Waals surface area contributed by atoms with Gasteiger partial charge < -0.3 is 33.9 Å². The van der Waals surface area contributed by atoms with Crippen molar-refractivity contribution in [1.29, 1.82) is 0 Å². The second kappa shape index (κ2) is 24.1. The fraction of sp³-hybridized carbons (Fsp3) is 0.579. The minimum absolute atomic E-state index is 0. The number of hydrogen-bond donors (Lipinski definition) is 1. The van der Waals surface area contributed by atoms with Gasteiger partial charge in [-0.1, -0.05) is 88.8 Å². The van der Waals surface area contributed by atoms with Crippen LogP contribution in [0.15, 0.2) is 60.7 Å². The molecular weight excluding hydrogens is 628 g/mol. The van der Waals surface area contributed by atoms with Gasteiger partial charge in [-0.15, -0.1) is 0 Å². The van der Waals surface area contributed by atoms with E-state index in [0.717, 1.165) is 17.5 Å². The molecule has 0 saturated carbocycles. The summed E-state index contributed by atoms with van der Waals surface area (Å²) in [6.07, 6.45) is 0.589. The Morgan fingerprint density at radius 2 is 1.08 bits per heavy atom. The van der Waals surface area contributed by atoms with Crippen molar-refractivity contribution in [2.75, 3.05) is 39.4 Å². The first-order valence-corrected chi connectivity index (χ1v) is 16.9. The molecule has 0 bridgehead atoms. The molecule has 2 aromatic carbocycles. The van der Waals surface area contributed by atoms with E-state index in [0.29, 0.717) is 58.9 Å². The molecule has 1 N–H and O–H groups in total. The molecule has 0 aliphatic carbocycles. The first kappa shape index (κ1) is 41.1. The Balaban J connectivity index is 0.000000455. The third kappa shape index (κ3) is 14.9. The number of aliphatic hydroxyl groups excluding tert-OH is 1. The van der Waals surface area contributed by atoms with E-state index in [2.05, 4.69) is 0 Å². The van der Waals surface area contributed by atoms with Gasteiger partial charge in [0.1, 0.15) is 13.2 Å². The quantitative estimate of drug-likeness (QED) is 0.234. The van der Waals surface area contributed by atoms with E-state index in [4.69, 9.17) is 20.3 Å². The summed E-state index contributed by atoms with van der Waals surface area (Å²) in [7, 11) is 0. The summed E-state index contributed by atoms with van der Waals surface area (Å²) in [6.45, 7) is 10.9. The molecule has 4 unspecified atom stereocenters. The number of benzene rings is 2. The Kier molecular flexibility index (Phi) is 20.2. The molecule has 2 amide bonds. The van der Waals surface area contributed by atoms with Crippen LogP contribution in [0.4, 0.5) is 9.59 Å². The van der Waals surface area contributed by atoms with Crippen LogP contribution in [0.1, 0.15) is 80.2 Å². The molecule has 11 nitrogen and oxygen atoms in total. The van der Waals surface area contributed by atoms with E-state index in [-0.39, 0.29) is 51.1 Å².